The Morgan fingerprint density at radius 2 is 1.85 bits per heavy atom. The molecule has 27 heavy (non-hydrogen) atoms. The number of hydrogen-bond donors (Lipinski definition) is 1. The number of fused-ring (bicyclic) bond motifs is 4. The van der Waals surface area contributed by atoms with Gasteiger partial charge in [-0.1, -0.05) is 45.8 Å². The van der Waals surface area contributed by atoms with E-state index in [2.05, 4.69) is 55.6 Å². The van der Waals surface area contributed by atoms with E-state index in [0.717, 1.165) is 23.5 Å². The Morgan fingerprint density at radius 1 is 1.11 bits per heavy atom. The first-order chi connectivity index (χ1) is 13.0. The number of nitrogens with two attached hydrogens (primary N) is 1. The zero-order valence-corrected chi connectivity index (χ0v) is 17.8. The van der Waals surface area contributed by atoms with Crippen LogP contribution in [0.5, 0.6) is 0 Å². The van der Waals surface area contributed by atoms with Crippen LogP contribution in [-0.4, -0.2) is 34.5 Å². The highest BCUT2D eigenvalue weighted by molar-refractivity contribution is 5.37. The lowest BCUT2D eigenvalue weighted by atomic mass is 9.70. The molecule has 7 atom stereocenters. The summed E-state index contributed by atoms with van der Waals surface area (Å²) in [7, 11) is 0. The molecule has 0 aromatic carbocycles. The zero-order valence-electron chi connectivity index (χ0n) is 17.8. The molecule has 0 aromatic heterocycles. The Balaban J connectivity index is 1.66. The van der Waals surface area contributed by atoms with Gasteiger partial charge in [0.2, 0.25) is 0 Å². The molecule has 2 N–H and O–H groups in total. The molecular formula is C24H39N3. The van der Waals surface area contributed by atoms with Crippen molar-refractivity contribution >= 4 is 0 Å². The second kappa shape index (κ2) is 7.68. The van der Waals surface area contributed by atoms with Gasteiger partial charge in [-0.3, -0.25) is 4.90 Å². The van der Waals surface area contributed by atoms with Gasteiger partial charge in [0.05, 0.1) is 5.70 Å². The Hall–Kier alpha value is -1.18. The van der Waals surface area contributed by atoms with Gasteiger partial charge in [0.1, 0.15) is 0 Å². The molecule has 3 heteroatoms. The van der Waals surface area contributed by atoms with Crippen LogP contribution in [0.25, 0.3) is 0 Å². The van der Waals surface area contributed by atoms with Crippen LogP contribution in [0.1, 0.15) is 72.6 Å². The second-order valence-electron chi connectivity index (χ2n) is 9.70. The molecule has 7 unspecified atom stereocenters. The van der Waals surface area contributed by atoms with Crippen LogP contribution in [-0.2, 0) is 0 Å². The van der Waals surface area contributed by atoms with Crippen molar-refractivity contribution in [3.8, 4) is 0 Å². The summed E-state index contributed by atoms with van der Waals surface area (Å²) in [6, 6.07) is 1.70. The Labute approximate surface area is 166 Å². The number of hydrogen-bond acceptors (Lipinski definition) is 3. The first-order valence-corrected chi connectivity index (χ1v) is 11.5. The van der Waals surface area contributed by atoms with Gasteiger partial charge in [-0.2, -0.15) is 0 Å². The highest BCUT2D eigenvalue weighted by atomic mass is 15.2. The smallest absolute Gasteiger partial charge is 0.0607 e. The summed E-state index contributed by atoms with van der Waals surface area (Å²) in [5.74, 6) is 3.07. The van der Waals surface area contributed by atoms with Gasteiger partial charge in [0.15, 0.2) is 0 Å². The average Bonchev–Trinajstić information content (AvgIpc) is 3.14. The lowest BCUT2D eigenvalue weighted by Crippen LogP contribution is -2.51. The minimum atomic E-state index is 0.417. The Bertz CT molecular complexity index is 638. The summed E-state index contributed by atoms with van der Waals surface area (Å²) in [5.41, 5.74) is 12.6. The van der Waals surface area contributed by atoms with E-state index < -0.39 is 0 Å². The summed E-state index contributed by atoms with van der Waals surface area (Å²) < 4.78 is 0. The summed E-state index contributed by atoms with van der Waals surface area (Å²) in [6.07, 6.45) is 13.7. The van der Waals surface area contributed by atoms with Crippen LogP contribution in [0.15, 0.2) is 29.4 Å². The predicted molar refractivity (Wildman–Crippen MR) is 113 cm³/mol. The van der Waals surface area contributed by atoms with Gasteiger partial charge in [-0.05, 0) is 62.8 Å². The van der Waals surface area contributed by atoms with Crippen molar-refractivity contribution in [2.24, 2.45) is 29.4 Å². The molecular weight excluding hydrogens is 330 g/mol. The van der Waals surface area contributed by atoms with Crippen molar-refractivity contribution < 1.29 is 0 Å². The maximum Gasteiger partial charge on any atom is 0.0607 e. The third-order valence-corrected chi connectivity index (χ3v) is 8.41. The average molecular weight is 370 g/mol. The molecule has 4 heterocycles. The van der Waals surface area contributed by atoms with E-state index >= 15 is 0 Å². The van der Waals surface area contributed by atoms with Crippen LogP contribution < -0.4 is 5.73 Å². The highest BCUT2D eigenvalue weighted by Gasteiger charge is 2.49. The first-order valence-electron chi connectivity index (χ1n) is 11.5. The monoisotopic (exact) mass is 369 g/mol. The number of rotatable bonds is 4. The van der Waals surface area contributed by atoms with Gasteiger partial charge in [0, 0.05) is 36.1 Å². The van der Waals surface area contributed by atoms with E-state index in [9.17, 15) is 0 Å². The molecule has 1 aliphatic carbocycles. The quantitative estimate of drug-likeness (QED) is 0.718. The third kappa shape index (κ3) is 3.28. The van der Waals surface area contributed by atoms with E-state index in [1.54, 1.807) is 0 Å². The fraction of sp³-hybridized carbons (Fsp3) is 0.792. The van der Waals surface area contributed by atoms with Crippen molar-refractivity contribution in [1.29, 1.82) is 0 Å². The first kappa shape index (κ1) is 19.2. The van der Waals surface area contributed by atoms with Gasteiger partial charge in [-0.15, -0.1) is 0 Å². The topological polar surface area (TPSA) is 32.5 Å². The van der Waals surface area contributed by atoms with Crippen molar-refractivity contribution in [2.45, 2.75) is 90.8 Å². The Morgan fingerprint density at radius 3 is 2.52 bits per heavy atom. The van der Waals surface area contributed by atoms with E-state index in [1.165, 1.54) is 57.1 Å². The molecule has 1 saturated carbocycles. The fourth-order valence-electron chi connectivity index (χ4n) is 6.73. The molecule has 3 nitrogen and oxygen atoms in total. The van der Waals surface area contributed by atoms with Crippen LogP contribution >= 0.6 is 0 Å². The molecule has 150 valence electrons. The van der Waals surface area contributed by atoms with Crippen LogP contribution in [0.4, 0.5) is 0 Å². The van der Waals surface area contributed by atoms with Crippen LogP contribution in [0.2, 0.25) is 0 Å². The normalized spacial score (nSPS) is 42.2. The number of nitrogens with zero attached hydrogens (tertiary/aromatic N) is 2. The molecule has 5 rings (SSSR count). The maximum atomic E-state index is 6.67. The third-order valence-electron chi connectivity index (χ3n) is 8.41. The van der Waals surface area contributed by atoms with Crippen LogP contribution in [0, 0.1) is 23.7 Å². The largest absolute Gasteiger partial charge is 0.397 e. The minimum absolute atomic E-state index is 0.417. The molecule has 0 spiro atoms. The fourth-order valence-corrected chi connectivity index (χ4v) is 6.73. The molecule has 5 aliphatic rings. The lowest BCUT2D eigenvalue weighted by molar-refractivity contribution is 0.0533. The molecule has 0 amide bonds. The molecule has 0 radical (unpaired) electrons. The zero-order chi connectivity index (χ0) is 19.1. The Kier molecular flexibility index (Phi) is 5.45. The van der Waals surface area contributed by atoms with Crippen molar-refractivity contribution in [2.75, 3.05) is 6.54 Å². The molecule has 4 fully saturated rings. The van der Waals surface area contributed by atoms with E-state index in [4.69, 9.17) is 5.73 Å². The van der Waals surface area contributed by atoms with E-state index in [1.807, 2.05) is 0 Å². The van der Waals surface area contributed by atoms with Gasteiger partial charge < -0.3 is 10.6 Å². The highest BCUT2D eigenvalue weighted by Crippen LogP contribution is 2.48. The molecule has 3 saturated heterocycles. The lowest BCUT2D eigenvalue weighted by Gasteiger charge is -2.45. The van der Waals surface area contributed by atoms with Gasteiger partial charge in [0.25, 0.3) is 0 Å². The van der Waals surface area contributed by atoms with Crippen LogP contribution in [0.3, 0.4) is 0 Å². The van der Waals surface area contributed by atoms with Crippen molar-refractivity contribution in [3.05, 3.63) is 29.4 Å². The van der Waals surface area contributed by atoms with E-state index in [-0.39, 0.29) is 0 Å². The van der Waals surface area contributed by atoms with Gasteiger partial charge in [-0.25, -0.2) is 0 Å². The minimum Gasteiger partial charge on any atom is -0.397 e. The molecule has 0 aromatic rings. The molecule has 2 bridgehead atoms. The van der Waals surface area contributed by atoms with Crippen molar-refractivity contribution in [3.63, 3.8) is 0 Å². The predicted octanol–water partition coefficient (Wildman–Crippen LogP) is 4.86. The van der Waals surface area contributed by atoms with E-state index in [0.29, 0.717) is 24.0 Å². The maximum absolute atomic E-state index is 6.67. The number of piperidine rings is 1. The SMILES string of the molecule is CCCC1C2CCN(C1C)C(C1=C=CN(C3CCCC3)C=C1N)C(C)C2C. The summed E-state index contributed by atoms with van der Waals surface area (Å²) in [5, 5.41) is 0. The summed E-state index contributed by atoms with van der Waals surface area (Å²) in [4.78, 5) is 5.12. The van der Waals surface area contributed by atoms with Gasteiger partial charge >= 0.3 is 0 Å². The summed E-state index contributed by atoms with van der Waals surface area (Å²) in [6.45, 7) is 11.0. The second-order valence-corrected chi connectivity index (χ2v) is 9.70. The standard InChI is InChI=1S/C24H39N3/c1-5-8-21-18(4)27-14-12-20(21)16(2)17(3)24(27)22-11-13-26(15-23(22)25)19-9-6-7-10-19/h13,15-21,24H,5-10,12,14,25H2,1-4H3. The summed E-state index contributed by atoms with van der Waals surface area (Å²) >= 11 is 0. The molecule has 4 aliphatic heterocycles. The van der Waals surface area contributed by atoms with Crippen molar-refractivity contribution in [1.82, 2.24) is 9.80 Å².